The minimum atomic E-state index is -3.51. The molecule has 6 heteroatoms. The molecule has 0 amide bonds. The van der Waals surface area contributed by atoms with Crippen LogP contribution in [0.15, 0.2) is 17.0 Å². The van der Waals surface area contributed by atoms with E-state index in [4.69, 9.17) is 5.73 Å². The van der Waals surface area contributed by atoms with Crippen molar-refractivity contribution in [3.63, 3.8) is 0 Å². The van der Waals surface area contributed by atoms with Crippen molar-refractivity contribution < 1.29 is 8.42 Å². The van der Waals surface area contributed by atoms with Gasteiger partial charge in [-0.05, 0) is 51.1 Å². The molecule has 1 aromatic carbocycles. The number of aryl methyl sites for hydroxylation is 1. The number of rotatable bonds is 2. The number of hydrogen-bond donors (Lipinski definition) is 1. The van der Waals surface area contributed by atoms with Crippen molar-refractivity contribution in [2.45, 2.75) is 25.2 Å². The van der Waals surface area contributed by atoms with E-state index in [1.807, 2.05) is 27.0 Å². The monoisotopic (exact) mass is 297 g/mol. The first-order chi connectivity index (χ1) is 9.34. The molecular formula is C14H23N3O2S. The molecule has 1 saturated heterocycles. The number of likely N-dealkylation sites (N-methyl/N-ethyl adjacent to an activating group) is 1. The van der Waals surface area contributed by atoms with Crippen LogP contribution in [0, 0.1) is 13.8 Å². The van der Waals surface area contributed by atoms with Gasteiger partial charge in [0, 0.05) is 19.6 Å². The first kappa shape index (κ1) is 15.3. The lowest BCUT2D eigenvalue weighted by Gasteiger charge is -2.23. The fraction of sp³-hybridized carbons (Fsp3) is 0.571. The number of sulfonamides is 1. The van der Waals surface area contributed by atoms with Gasteiger partial charge in [0.25, 0.3) is 0 Å². The Morgan fingerprint density at radius 3 is 2.50 bits per heavy atom. The van der Waals surface area contributed by atoms with Crippen LogP contribution in [0.1, 0.15) is 17.5 Å². The summed E-state index contributed by atoms with van der Waals surface area (Å²) < 4.78 is 27.3. The molecule has 0 aliphatic carbocycles. The largest absolute Gasteiger partial charge is 0.398 e. The summed E-state index contributed by atoms with van der Waals surface area (Å²) in [4.78, 5) is 2.43. The molecule has 0 atom stereocenters. The van der Waals surface area contributed by atoms with Gasteiger partial charge in [0.05, 0.1) is 5.69 Å². The Morgan fingerprint density at radius 2 is 1.80 bits per heavy atom. The van der Waals surface area contributed by atoms with Crippen LogP contribution < -0.4 is 5.73 Å². The maximum Gasteiger partial charge on any atom is 0.245 e. The zero-order valence-corrected chi connectivity index (χ0v) is 13.2. The Balaban J connectivity index is 2.43. The van der Waals surface area contributed by atoms with Gasteiger partial charge < -0.3 is 10.6 Å². The van der Waals surface area contributed by atoms with Crippen molar-refractivity contribution in [1.82, 2.24) is 9.21 Å². The number of nitrogens with two attached hydrogens (primary N) is 1. The van der Waals surface area contributed by atoms with Gasteiger partial charge in [0.15, 0.2) is 0 Å². The van der Waals surface area contributed by atoms with Crippen molar-refractivity contribution in [3.05, 3.63) is 23.3 Å². The van der Waals surface area contributed by atoms with E-state index >= 15 is 0 Å². The summed E-state index contributed by atoms with van der Waals surface area (Å²) >= 11 is 0. The van der Waals surface area contributed by atoms with Crippen LogP contribution in [0.4, 0.5) is 5.69 Å². The van der Waals surface area contributed by atoms with Crippen molar-refractivity contribution in [2.75, 3.05) is 39.0 Å². The van der Waals surface area contributed by atoms with Crippen LogP contribution in [0.25, 0.3) is 0 Å². The van der Waals surface area contributed by atoms with Crippen molar-refractivity contribution in [2.24, 2.45) is 0 Å². The summed E-state index contributed by atoms with van der Waals surface area (Å²) in [5.74, 6) is 0. The molecule has 0 spiro atoms. The molecule has 1 aromatic rings. The van der Waals surface area contributed by atoms with Gasteiger partial charge in [-0.25, -0.2) is 8.42 Å². The van der Waals surface area contributed by atoms with Crippen LogP contribution in [-0.4, -0.2) is 50.8 Å². The molecule has 1 aliphatic rings. The third kappa shape index (κ3) is 2.82. The Morgan fingerprint density at radius 1 is 1.10 bits per heavy atom. The lowest BCUT2D eigenvalue weighted by atomic mass is 10.1. The molecule has 1 fully saturated rings. The molecule has 0 radical (unpaired) electrons. The smallest absolute Gasteiger partial charge is 0.245 e. The summed E-state index contributed by atoms with van der Waals surface area (Å²) in [6, 6.07) is 3.54. The van der Waals surface area contributed by atoms with E-state index in [2.05, 4.69) is 4.90 Å². The van der Waals surface area contributed by atoms with Crippen LogP contribution in [-0.2, 0) is 10.0 Å². The maximum absolute atomic E-state index is 12.9. The van der Waals surface area contributed by atoms with Crippen molar-refractivity contribution in [3.8, 4) is 0 Å². The van der Waals surface area contributed by atoms with Gasteiger partial charge in [0.2, 0.25) is 10.0 Å². The van der Waals surface area contributed by atoms with E-state index in [0.717, 1.165) is 30.6 Å². The van der Waals surface area contributed by atoms with E-state index in [1.165, 1.54) is 0 Å². The third-order valence-electron chi connectivity index (χ3n) is 3.98. The second-order valence-corrected chi connectivity index (χ2v) is 7.36. The average molecular weight is 297 g/mol. The van der Waals surface area contributed by atoms with E-state index in [-0.39, 0.29) is 4.90 Å². The number of nitrogens with zero attached hydrogens (tertiary/aromatic N) is 2. The topological polar surface area (TPSA) is 66.6 Å². The van der Waals surface area contributed by atoms with Gasteiger partial charge in [0.1, 0.15) is 4.90 Å². The maximum atomic E-state index is 12.9. The second-order valence-electron chi connectivity index (χ2n) is 5.49. The van der Waals surface area contributed by atoms with Gasteiger partial charge in [-0.2, -0.15) is 4.31 Å². The Bertz CT molecular complexity index is 599. The highest BCUT2D eigenvalue weighted by Gasteiger charge is 2.29. The Labute approximate surface area is 121 Å². The molecule has 5 nitrogen and oxygen atoms in total. The van der Waals surface area contributed by atoms with Crippen molar-refractivity contribution >= 4 is 15.7 Å². The highest BCUT2D eigenvalue weighted by atomic mass is 32.2. The lowest BCUT2D eigenvalue weighted by molar-refractivity contribution is 0.347. The van der Waals surface area contributed by atoms with Gasteiger partial charge >= 0.3 is 0 Å². The zero-order valence-electron chi connectivity index (χ0n) is 12.4. The first-order valence-corrected chi connectivity index (χ1v) is 8.32. The van der Waals surface area contributed by atoms with Crippen LogP contribution in [0.2, 0.25) is 0 Å². The minimum Gasteiger partial charge on any atom is -0.398 e. The molecule has 1 aliphatic heterocycles. The Kier molecular flexibility index (Phi) is 4.36. The lowest BCUT2D eigenvalue weighted by Crippen LogP contribution is -2.35. The highest BCUT2D eigenvalue weighted by molar-refractivity contribution is 7.89. The Hall–Kier alpha value is -1.11. The summed E-state index contributed by atoms with van der Waals surface area (Å²) in [5, 5.41) is 0. The predicted molar refractivity (Wildman–Crippen MR) is 81.2 cm³/mol. The van der Waals surface area contributed by atoms with Gasteiger partial charge in [-0.1, -0.05) is 6.07 Å². The molecule has 2 N–H and O–H groups in total. The fourth-order valence-electron chi connectivity index (χ4n) is 2.55. The summed E-state index contributed by atoms with van der Waals surface area (Å²) in [5.41, 5.74) is 7.97. The average Bonchev–Trinajstić information content (AvgIpc) is 2.59. The SMILES string of the molecule is Cc1ccc(N)c(S(=O)(=O)N2CCCN(C)CC2)c1C. The molecule has 1 heterocycles. The van der Waals surface area contributed by atoms with Gasteiger partial charge in [-0.15, -0.1) is 0 Å². The van der Waals surface area contributed by atoms with Crippen LogP contribution in [0.3, 0.4) is 0 Å². The molecule has 0 aromatic heterocycles. The summed E-state index contributed by atoms with van der Waals surface area (Å²) in [6.07, 6.45) is 0.848. The summed E-state index contributed by atoms with van der Waals surface area (Å²) in [7, 11) is -1.49. The molecular weight excluding hydrogens is 274 g/mol. The molecule has 2 rings (SSSR count). The zero-order chi connectivity index (χ0) is 14.9. The van der Waals surface area contributed by atoms with E-state index < -0.39 is 10.0 Å². The predicted octanol–water partition coefficient (Wildman–Crippen LogP) is 1.21. The fourth-order valence-corrected chi connectivity index (χ4v) is 4.41. The normalized spacial score (nSPS) is 18.9. The molecule has 0 unspecified atom stereocenters. The summed E-state index contributed by atoms with van der Waals surface area (Å²) in [6.45, 7) is 6.48. The van der Waals surface area contributed by atoms with E-state index in [9.17, 15) is 8.42 Å². The molecule has 0 bridgehead atoms. The number of hydrogen-bond acceptors (Lipinski definition) is 4. The number of anilines is 1. The second kappa shape index (κ2) is 5.71. The van der Waals surface area contributed by atoms with E-state index in [1.54, 1.807) is 10.4 Å². The van der Waals surface area contributed by atoms with Crippen LogP contribution in [0.5, 0.6) is 0 Å². The number of benzene rings is 1. The molecule has 20 heavy (non-hydrogen) atoms. The third-order valence-corrected chi connectivity index (χ3v) is 6.09. The quantitative estimate of drug-likeness (QED) is 0.833. The molecule has 0 saturated carbocycles. The minimum absolute atomic E-state index is 0.280. The standard InChI is InChI=1S/C14H23N3O2S/c1-11-5-6-13(15)14(12(11)2)20(18,19)17-8-4-7-16(3)9-10-17/h5-6H,4,7-10,15H2,1-3H3. The number of nitrogen functional groups attached to an aromatic ring is 1. The van der Waals surface area contributed by atoms with Crippen molar-refractivity contribution in [1.29, 1.82) is 0 Å². The molecule has 112 valence electrons. The highest BCUT2D eigenvalue weighted by Crippen LogP contribution is 2.28. The first-order valence-electron chi connectivity index (χ1n) is 6.88. The van der Waals surface area contributed by atoms with Gasteiger partial charge in [-0.3, -0.25) is 0 Å². The van der Waals surface area contributed by atoms with E-state index in [0.29, 0.717) is 18.8 Å². The van der Waals surface area contributed by atoms with Crippen LogP contribution >= 0.6 is 0 Å².